The fourth-order valence-corrected chi connectivity index (χ4v) is 1.30. The van der Waals surface area contributed by atoms with E-state index < -0.39 is 0 Å². The van der Waals surface area contributed by atoms with Crippen LogP contribution in [0.25, 0.3) is 5.65 Å². The third-order valence-corrected chi connectivity index (χ3v) is 1.74. The van der Waals surface area contributed by atoms with Crippen molar-refractivity contribution < 1.29 is 0 Å². The fourth-order valence-electron chi connectivity index (χ4n) is 1.30. The van der Waals surface area contributed by atoms with E-state index in [1.165, 1.54) is 0 Å². The SMILES string of the molecule is Cc1cn2cc(N)nc(C)c2n1.Cl. The average molecular weight is 199 g/mol. The van der Waals surface area contributed by atoms with Crippen LogP contribution in [-0.2, 0) is 0 Å². The lowest BCUT2D eigenvalue weighted by atomic mass is 10.5. The standard InChI is InChI=1S/C8H10N4.ClH/c1-5-3-12-4-7(9)11-6(2)8(12)10-5;/h3-4H,9H2,1-2H3;1H. The minimum atomic E-state index is 0. The Kier molecular flexibility index (Phi) is 2.43. The van der Waals surface area contributed by atoms with Crippen molar-refractivity contribution in [1.29, 1.82) is 0 Å². The van der Waals surface area contributed by atoms with E-state index in [1.54, 1.807) is 6.20 Å². The van der Waals surface area contributed by atoms with Gasteiger partial charge in [-0.2, -0.15) is 0 Å². The monoisotopic (exact) mass is 198 g/mol. The molecule has 2 aromatic rings. The maximum Gasteiger partial charge on any atom is 0.158 e. The van der Waals surface area contributed by atoms with Gasteiger partial charge in [-0.1, -0.05) is 0 Å². The highest BCUT2D eigenvalue weighted by Gasteiger charge is 2.02. The fraction of sp³-hybridized carbons (Fsp3) is 0.250. The molecule has 0 aromatic carbocycles. The van der Waals surface area contributed by atoms with Gasteiger partial charge >= 0.3 is 0 Å². The smallest absolute Gasteiger partial charge is 0.158 e. The van der Waals surface area contributed by atoms with Crippen molar-refractivity contribution in [2.75, 3.05) is 5.73 Å². The largest absolute Gasteiger partial charge is 0.382 e. The van der Waals surface area contributed by atoms with Crippen LogP contribution < -0.4 is 5.73 Å². The van der Waals surface area contributed by atoms with Crippen molar-refractivity contribution in [2.24, 2.45) is 0 Å². The van der Waals surface area contributed by atoms with Crippen molar-refractivity contribution in [3.05, 3.63) is 23.8 Å². The van der Waals surface area contributed by atoms with Crippen LogP contribution in [0.15, 0.2) is 12.4 Å². The highest BCUT2D eigenvalue weighted by atomic mass is 35.5. The van der Waals surface area contributed by atoms with Crippen LogP contribution in [0.2, 0.25) is 0 Å². The number of anilines is 1. The second-order valence-electron chi connectivity index (χ2n) is 2.86. The summed E-state index contributed by atoms with van der Waals surface area (Å²) < 4.78 is 1.90. The van der Waals surface area contributed by atoms with Crippen LogP contribution in [0, 0.1) is 13.8 Å². The number of aryl methyl sites for hydroxylation is 2. The quantitative estimate of drug-likeness (QED) is 0.695. The normalized spacial score (nSPS) is 10.0. The number of nitrogens with two attached hydrogens (primary N) is 1. The Labute approximate surface area is 82.2 Å². The lowest BCUT2D eigenvalue weighted by Gasteiger charge is -1.97. The van der Waals surface area contributed by atoms with Gasteiger partial charge in [0.15, 0.2) is 5.65 Å². The predicted octanol–water partition coefficient (Wildman–Crippen LogP) is 1.35. The molecule has 0 bridgehead atoms. The Bertz CT molecular complexity index is 435. The number of hydrogen-bond acceptors (Lipinski definition) is 3. The zero-order valence-corrected chi connectivity index (χ0v) is 8.30. The summed E-state index contributed by atoms with van der Waals surface area (Å²) in [6.07, 6.45) is 3.70. The second kappa shape index (κ2) is 3.22. The summed E-state index contributed by atoms with van der Waals surface area (Å²) in [4.78, 5) is 8.41. The van der Waals surface area contributed by atoms with Crippen molar-refractivity contribution in [1.82, 2.24) is 14.4 Å². The zero-order valence-electron chi connectivity index (χ0n) is 7.48. The van der Waals surface area contributed by atoms with Gasteiger partial charge < -0.3 is 10.1 Å². The van der Waals surface area contributed by atoms with Crippen LogP contribution >= 0.6 is 12.4 Å². The molecule has 2 heterocycles. The van der Waals surface area contributed by atoms with Gasteiger partial charge in [-0.25, -0.2) is 9.97 Å². The van der Waals surface area contributed by atoms with E-state index in [4.69, 9.17) is 5.73 Å². The molecule has 0 saturated carbocycles. The number of aromatic nitrogens is 3. The topological polar surface area (TPSA) is 56.2 Å². The predicted molar refractivity (Wildman–Crippen MR) is 54.1 cm³/mol. The Morgan fingerprint density at radius 3 is 2.62 bits per heavy atom. The van der Waals surface area contributed by atoms with Gasteiger partial charge in [-0.3, -0.25) is 0 Å². The molecule has 70 valence electrons. The molecule has 4 nitrogen and oxygen atoms in total. The molecule has 0 aliphatic carbocycles. The molecule has 2 N–H and O–H groups in total. The van der Waals surface area contributed by atoms with Crippen LogP contribution in [0.4, 0.5) is 5.82 Å². The second-order valence-corrected chi connectivity index (χ2v) is 2.86. The molecule has 0 atom stereocenters. The molecular weight excluding hydrogens is 188 g/mol. The molecule has 13 heavy (non-hydrogen) atoms. The first-order valence-corrected chi connectivity index (χ1v) is 3.75. The van der Waals surface area contributed by atoms with Crippen LogP contribution in [-0.4, -0.2) is 14.4 Å². The summed E-state index contributed by atoms with van der Waals surface area (Å²) >= 11 is 0. The van der Waals surface area contributed by atoms with Crippen molar-refractivity contribution in [2.45, 2.75) is 13.8 Å². The van der Waals surface area contributed by atoms with Crippen molar-refractivity contribution >= 4 is 23.9 Å². The molecule has 0 fully saturated rings. The van der Waals surface area contributed by atoms with E-state index in [9.17, 15) is 0 Å². The number of rotatable bonds is 0. The highest BCUT2D eigenvalue weighted by Crippen LogP contribution is 2.09. The lowest BCUT2D eigenvalue weighted by Crippen LogP contribution is -1.97. The number of imidazole rings is 1. The van der Waals surface area contributed by atoms with E-state index in [-0.39, 0.29) is 12.4 Å². The van der Waals surface area contributed by atoms with Gasteiger partial charge in [0.1, 0.15) is 5.82 Å². The number of fused-ring (bicyclic) bond motifs is 1. The molecule has 2 rings (SSSR count). The molecule has 0 aliphatic rings. The maximum absolute atomic E-state index is 5.57. The van der Waals surface area contributed by atoms with E-state index >= 15 is 0 Å². The number of nitrogens with zero attached hydrogens (tertiary/aromatic N) is 3. The first kappa shape index (κ1) is 9.80. The molecule has 0 aliphatic heterocycles. The summed E-state index contributed by atoms with van der Waals surface area (Å²) in [5, 5.41) is 0. The molecule has 0 unspecified atom stereocenters. The van der Waals surface area contributed by atoms with Crippen LogP contribution in [0.3, 0.4) is 0 Å². The number of nitrogen functional groups attached to an aromatic ring is 1. The van der Waals surface area contributed by atoms with E-state index in [0.29, 0.717) is 5.82 Å². The molecule has 5 heteroatoms. The molecular formula is C8H11ClN4. The minimum absolute atomic E-state index is 0. The molecule has 2 aromatic heterocycles. The van der Waals surface area contributed by atoms with E-state index in [1.807, 2.05) is 24.4 Å². The van der Waals surface area contributed by atoms with Gasteiger partial charge in [0.2, 0.25) is 0 Å². The Morgan fingerprint density at radius 1 is 1.23 bits per heavy atom. The van der Waals surface area contributed by atoms with E-state index in [0.717, 1.165) is 17.0 Å². The average Bonchev–Trinajstić information content (AvgIpc) is 2.29. The Morgan fingerprint density at radius 2 is 1.92 bits per heavy atom. The first-order chi connectivity index (χ1) is 5.66. The van der Waals surface area contributed by atoms with Crippen LogP contribution in [0.5, 0.6) is 0 Å². The number of halogens is 1. The highest BCUT2D eigenvalue weighted by molar-refractivity contribution is 5.85. The minimum Gasteiger partial charge on any atom is -0.382 e. The number of hydrogen-bond donors (Lipinski definition) is 1. The van der Waals surface area contributed by atoms with Crippen molar-refractivity contribution in [3.63, 3.8) is 0 Å². The lowest BCUT2D eigenvalue weighted by molar-refractivity contribution is 1.09. The maximum atomic E-state index is 5.57. The third-order valence-electron chi connectivity index (χ3n) is 1.74. The van der Waals surface area contributed by atoms with Crippen LogP contribution in [0.1, 0.15) is 11.4 Å². The molecule has 0 saturated heterocycles. The molecule has 0 radical (unpaired) electrons. The van der Waals surface area contributed by atoms with Crippen molar-refractivity contribution in [3.8, 4) is 0 Å². The first-order valence-electron chi connectivity index (χ1n) is 3.75. The molecule has 0 amide bonds. The zero-order chi connectivity index (χ0) is 8.72. The van der Waals surface area contributed by atoms with Gasteiger partial charge in [0, 0.05) is 6.20 Å². The summed E-state index contributed by atoms with van der Waals surface area (Å²) in [6, 6.07) is 0. The third kappa shape index (κ3) is 1.58. The summed E-state index contributed by atoms with van der Waals surface area (Å²) in [7, 11) is 0. The van der Waals surface area contributed by atoms with E-state index in [2.05, 4.69) is 9.97 Å². The van der Waals surface area contributed by atoms with Gasteiger partial charge in [-0.05, 0) is 13.8 Å². The summed E-state index contributed by atoms with van der Waals surface area (Å²) in [5.74, 6) is 0.525. The molecule has 0 spiro atoms. The Hall–Kier alpha value is -1.29. The summed E-state index contributed by atoms with van der Waals surface area (Å²) in [5.41, 5.74) is 8.29. The van der Waals surface area contributed by atoms with Gasteiger partial charge in [-0.15, -0.1) is 12.4 Å². The summed E-state index contributed by atoms with van der Waals surface area (Å²) in [6.45, 7) is 3.85. The van der Waals surface area contributed by atoms with Gasteiger partial charge in [0.05, 0.1) is 17.6 Å². The Balaban J connectivity index is 0.000000845. The van der Waals surface area contributed by atoms with Gasteiger partial charge in [0.25, 0.3) is 0 Å².